The zero-order valence-corrected chi connectivity index (χ0v) is 17.6. The standard InChI is InChI=1S/C23H25NO6/c1-14-5-7-21(29-4)19(9-14)24-12-17(11-22(24)26)23(27)30-13-18-10-16(15(2)25)6-8-20(18)28-3/h5-10,17H,11-13H2,1-4H3/t17-/m0/s1. The van der Waals surface area contributed by atoms with Crippen molar-refractivity contribution in [2.45, 2.75) is 26.9 Å². The summed E-state index contributed by atoms with van der Waals surface area (Å²) < 4.78 is 16.1. The monoisotopic (exact) mass is 411 g/mol. The molecule has 7 heteroatoms. The number of benzene rings is 2. The second-order valence-corrected chi connectivity index (χ2v) is 7.27. The Labute approximate surface area is 175 Å². The van der Waals surface area contributed by atoms with Crippen molar-refractivity contribution in [3.8, 4) is 11.5 Å². The van der Waals surface area contributed by atoms with Gasteiger partial charge in [0.2, 0.25) is 5.91 Å². The van der Waals surface area contributed by atoms with Crippen molar-refractivity contribution in [1.29, 1.82) is 0 Å². The minimum Gasteiger partial charge on any atom is -0.496 e. The molecule has 2 aromatic carbocycles. The number of amides is 1. The van der Waals surface area contributed by atoms with Crippen molar-refractivity contribution in [2.75, 3.05) is 25.7 Å². The largest absolute Gasteiger partial charge is 0.496 e. The van der Waals surface area contributed by atoms with E-state index in [2.05, 4.69) is 0 Å². The highest BCUT2D eigenvalue weighted by Crippen LogP contribution is 2.34. The van der Waals surface area contributed by atoms with Gasteiger partial charge in [-0.25, -0.2) is 0 Å². The summed E-state index contributed by atoms with van der Waals surface area (Å²) in [4.78, 5) is 38.4. The highest BCUT2D eigenvalue weighted by atomic mass is 16.5. The Bertz CT molecular complexity index is 984. The molecule has 2 aromatic rings. The average Bonchev–Trinajstić information content (AvgIpc) is 3.13. The maximum atomic E-state index is 12.6. The number of methoxy groups -OCH3 is 2. The van der Waals surface area contributed by atoms with E-state index in [0.717, 1.165) is 5.56 Å². The number of aryl methyl sites for hydroxylation is 1. The van der Waals surface area contributed by atoms with Gasteiger partial charge in [-0.15, -0.1) is 0 Å². The van der Waals surface area contributed by atoms with Gasteiger partial charge in [0.15, 0.2) is 5.78 Å². The Morgan fingerprint density at radius 1 is 1.07 bits per heavy atom. The van der Waals surface area contributed by atoms with Gasteiger partial charge in [0.05, 0.1) is 25.8 Å². The molecule has 0 bridgehead atoms. The molecule has 1 aliphatic rings. The van der Waals surface area contributed by atoms with Crippen molar-refractivity contribution >= 4 is 23.3 Å². The Hall–Kier alpha value is -3.35. The van der Waals surface area contributed by atoms with Gasteiger partial charge in [-0.05, 0) is 49.7 Å². The molecule has 1 aliphatic heterocycles. The van der Waals surface area contributed by atoms with E-state index < -0.39 is 11.9 Å². The number of anilines is 1. The summed E-state index contributed by atoms with van der Waals surface area (Å²) in [7, 11) is 3.06. The maximum absolute atomic E-state index is 12.6. The van der Waals surface area contributed by atoms with E-state index in [1.54, 1.807) is 36.3 Å². The van der Waals surface area contributed by atoms with Crippen LogP contribution >= 0.6 is 0 Å². The van der Waals surface area contributed by atoms with Crippen LogP contribution in [0.1, 0.15) is 34.8 Å². The van der Waals surface area contributed by atoms with Crippen LogP contribution in [0.5, 0.6) is 11.5 Å². The Kier molecular flexibility index (Phi) is 6.40. The summed E-state index contributed by atoms with van der Waals surface area (Å²) >= 11 is 0. The molecule has 0 aromatic heterocycles. The van der Waals surface area contributed by atoms with E-state index in [4.69, 9.17) is 14.2 Å². The van der Waals surface area contributed by atoms with E-state index in [0.29, 0.717) is 28.3 Å². The fourth-order valence-electron chi connectivity index (χ4n) is 3.49. The van der Waals surface area contributed by atoms with E-state index in [-0.39, 0.29) is 31.3 Å². The topological polar surface area (TPSA) is 82.1 Å². The Morgan fingerprint density at radius 3 is 2.43 bits per heavy atom. The minimum absolute atomic E-state index is 0.0401. The lowest BCUT2D eigenvalue weighted by molar-refractivity contribution is -0.149. The van der Waals surface area contributed by atoms with E-state index >= 15 is 0 Å². The zero-order valence-electron chi connectivity index (χ0n) is 17.6. The molecule has 158 valence electrons. The molecule has 0 unspecified atom stereocenters. The summed E-state index contributed by atoms with van der Waals surface area (Å²) in [5.74, 6) is -0.181. The van der Waals surface area contributed by atoms with Crippen LogP contribution in [-0.4, -0.2) is 38.4 Å². The lowest BCUT2D eigenvalue weighted by Crippen LogP contribution is -2.27. The Morgan fingerprint density at radius 2 is 1.77 bits per heavy atom. The normalized spacial score (nSPS) is 15.8. The number of hydrogen-bond donors (Lipinski definition) is 0. The van der Waals surface area contributed by atoms with Crippen LogP contribution in [0.2, 0.25) is 0 Å². The first kappa shape index (κ1) is 21.4. The summed E-state index contributed by atoms with van der Waals surface area (Å²) in [5.41, 5.74) is 2.74. The predicted octanol–water partition coefficient (Wildman–Crippen LogP) is 3.31. The van der Waals surface area contributed by atoms with Crippen molar-refractivity contribution < 1.29 is 28.6 Å². The lowest BCUT2D eigenvalue weighted by atomic mass is 10.1. The number of nitrogens with zero attached hydrogens (tertiary/aromatic N) is 1. The van der Waals surface area contributed by atoms with Crippen LogP contribution in [0.3, 0.4) is 0 Å². The molecule has 1 amide bonds. The quantitative estimate of drug-likeness (QED) is 0.514. The van der Waals surface area contributed by atoms with Gasteiger partial charge >= 0.3 is 5.97 Å². The first-order valence-corrected chi connectivity index (χ1v) is 9.63. The summed E-state index contributed by atoms with van der Waals surface area (Å²) in [6.45, 7) is 3.58. The summed E-state index contributed by atoms with van der Waals surface area (Å²) in [5, 5.41) is 0. The van der Waals surface area contributed by atoms with Crippen LogP contribution < -0.4 is 14.4 Å². The third-order valence-corrected chi connectivity index (χ3v) is 5.14. The number of rotatable bonds is 7. The van der Waals surface area contributed by atoms with Gasteiger partial charge in [0.1, 0.15) is 18.1 Å². The average molecular weight is 411 g/mol. The molecule has 1 saturated heterocycles. The summed E-state index contributed by atoms with van der Waals surface area (Å²) in [6, 6.07) is 10.6. The van der Waals surface area contributed by atoms with Crippen LogP contribution in [0, 0.1) is 12.8 Å². The fourth-order valence-corrected chi connectivity index (χ4v) is 3.49. The van der Waals surface area contributed by atoms with Crippen LogP contribution in [-0.2, 0) is 20.9 Å². The smallest absolute Gasteiger partial charge is 0.311 e. The van der Waals surface area contributed by atoms with Gasteiger partial charge in [0.25, 0.3) is 0 Å². The van der Waals surface area contributed by atoms with Crippen molar-refractivity contribution in [2.24, 2.45) is 5.92 Å². The number of Topliss-reactive ketones (excluding diaryl/α,β-unsaturated/α-hetero) is 1. The number of carbonyl (C=O) groups is 3. The van der Waals surface area contributed by atoms with Crippen molar-refractivity contribution in [3.05, 3.63) is 53.1 Å². The molecule has 7 nitrogen and oxygen atoms in total. The molecule has 0 aliphatic carbocycles. The lowest BCUT2D eigenvalue weighted by Gasteiger charge is -2.20. The van der Waals surface area contributed by atoms with Gasteiger partial charge < -0.3 is 19.1 Å². The number of hydrogen-bond acceptors (Lipinski definition) is 6. The first-order chi connectivity index (χ1) is 14.3. The first-order valence-electron chi connectivity index (χ1n) is 9.63. The van der Waals surface area contributed by atoms with E-state index in [9.17, 15) is 14.4 Å². The fraction of sp³-hybridized carbons (Fsp3) is 0.348. The van der Waals surface area contributed by atoms with Gasteiger partial charge in [-0.2, -0.15) is 0 Å². The second kappa shape index (κ2) is 8.98. The van der Waals surface area contributed by atoms with Crippen LogP contribution in [0.15, 0.2) is 36.4 Å². The second-order valence-electron chi connectivity index (χ2n) is 7.27. The third kappa shape index (κ3) is 4.45. The van der Waals surface area contributed by atoms with E-state index in [1.165, 1.54) is 14.0 Å². The predicted molar refractivity (Wildman–Crippen MR) is 111 cm³/mol. The molecule has 1 fully saturated rings. The third-order valence-electron chi connectivity index (χ3n) is 5.14. The minimum atomic E-state index is -0.579. The van der Waals surface area contributed by atoms with Gasteiger partial charge in [-0.3, -0.25) is 14.4 Å². The Balaban J connectivity index is 1.71. The van der Waals surface area contributed by atoms with Crippen molar-refractivity contribution in [1.82, 2.24) is 0 Å². The van der Waals surface area contributed by atoms with Crippen LogP contribution in [0.4, 0.5) is 5.69 Å². The number of ketones is 1. The highest BCUT2D eigenvalue weighted by Gasteiger charge is 2.37. The molecule has 0 spiro atoms. The van der Waals surface area contributed by atoms with Crippen molar-refractivity contribution in [3.63, 3.8) is 0 Å². The molecule has 1 atom stereocenters. The van der Waals surface area contributed by atoms with Crippen LogP contribution in [0.25, 0.3) is 0 Å². The molecule has 0 saturated carbocycles. The number of ether oxygens (including phenoxy) is 3. The number of esters is 1. The molecule has 1 heterocycles. The number of carbonyl (C=O) groups excluding carboxylic acids is 3. The molecule has 0 N–H and O–H groups in total. The SMILES string of the molecule is COc1ccc(C(C)=O)cc1COC(=O)[C@H]1CC(=O)N(c2cc(C)ccc2OC)C1. The summed E-state index contributed by atoms with van der Waals surface area (Å²) in [6.07, 6.45) is 0.0700. The van der Waals surface area contributed by atoms with Gasteiger partial charge in [0, 0.05) is 24.1 Å². The highest BCUT2D eigenvalue weighted by molar-refractivity contribution is 6.00. The molecule has 3 rings (SSSR count). The molecular formula is C23H25NO6. The maximum Gasteiger partial charge on any atom is 0.311 e. The zero-order chi connectivity index (χ0) is 21.8. The molecular weight excluding hydrogens is 386 g/mol. The van der Waals surface area contributed by atoms with Gasteiger partial charge in [-0.1, -0.05) is 6.07 Å². The molecule has 0 radical (unpaired) electrons. The molecule has 30 heavy (non-hydrogen) atoms. The van der Waals surface area contributed by atoms with E-state index in [1.807, 2.05) is 19.1 Å².